The molecule has 6 heteroatoms. The van der Waals surface area contributed by atoms with Crippen LogP contribution in [-0.2, 0) is 19.1 Å². The summed E-state index contributed by atoms with van der Waals surface area (Å²) < 4.78 is 10.5. The van der Waals surface area contributed by atoms with Crippen LogP contribution in [0.1, 0.15) is 67.2 Å². The molecule has 0 heterocycles. The molecule has 0 aromatic heterocycles. The van der Waals surface area contributed by atoms with Crippen LogP contribution >= 0.6 is 15.9 Å². The molecule has 5 nitrogen and oxygen atoms in total. The molecule has 1 rings (SSSR count). The van der Waals surface area contributed by atoms with Crippen molar-refractivity contribution in [3.63, 3.8) is 0 Å². The van der Waals surface area contributed by atoms with Crippen molar-refractivity contribution >= 4 is 27.9 Å². The van der Waals surface area contributed by atoms with Crippen molar-refractivity contribution in [2.24, 2.45) is 23.2 Å². The van der Waals surface area contributed by atoms with E-state index in [1.54, 1.807) is 6.92 Å². The molecule has 0 aliphatic heterocycles. The van der Waals surface area contributed by atoms with Gasteiger partial charge in [-0.25, -0.2) is 0 Å². The average Bonchev–Trinajstić information content (AvgIpc) is 2.53. The quantitative estimate of drug-likeness (QED) is 0.368. The van der Waals surface area contributed by atoms with Crippen LogP contribution in [0.4, 0.5) is 0 Å². The number of hydrogen-bond acceptors (Lipinski definition) is 5. The summed E-state index contributed by atoms with van der Waals surface area (Å²) in [5, 5.41) is 0. The zero-order chi connectivity index (χ0) is 21.7. The number of hydrogen-bond donors (Lipinski definition) is 0. The monoisotopic (exact) mass is 461 g/mol. The molecule has 1 aliphatic carbocycles. The Morgan fingerprint density at radius 2 is 1.75 bits per heavy atom. The van der Waals surface area contributed by atoms with Gasteiger partial charge in [0.15, 0.2) is 0 Å². The molecule has 0 spiro atoms. The van der Waals surface area contributed by atoms with Gasteiger partial charge in [0.25, 0.3) is 0 Å². The van der Waals surface area contributed by atoms with Crippen LogP contribution in [0.25, 0.3) is 0 Å². The second-order valence-electron chi connectivity index (χ2n) is 9.97. The van der Waals surface area contributed by atoms with E-state index in [-0.39, 0.29) is 18.0 Å². The van der Waals surface area contributed by atoms with Gasteiger partial charge in [0.1, 0.15) is 17.0 Å². The van der Waals surface area contributed by atoms with Gasteiger partial charge in [-0.3, -0.25) is 9.59 Å². The number of halogens is 1. The number of esters is 2. The molecular weight excluding hydrogens is 422 g/mol. The molecule has 0 amide bonds. The number of likely N-dealkylation sites (N-methyl/N-ethyl adjacent to an activating group) is 1. The summed E-state index contributed by atoms with van der Waals surface area (Å²) in [7, 11) is 3.85. The van der Waals surface area contributed by atoms with E-state index >= 15 is 0 Å². The molecule has 0 N–H and O–H groups in total. The van der Waals surface area contributed by atoms with Crippen LogP contribution in [0.2, 0.25) is 0 Å². The molecule has 0 aromatic carbocycles. The van der Waals surface area contributed by atoms with Crippen LogP contribution in [0.5, 0.6) is 0 Å². The zero-order valence-electron chi connectivity index (χ0n) is 19.0. The minimum atomic E-state index is -0.931. The maximum absolute atomic E-state index is 13.0. The van der Waals surface area contributed by atoms with E-state index in [4.69, 9.17) is 9.47 Å². The molecule has 4 atom stereocenters. The van der Waals surface area contributed by atoms with E-state index < -0.39 is 9.74 Å². The van der Waals surface area contributed by atoms with E-state index in [2.05, 4.69) is 36.7 Å². The van der Waals surface area contributed by atoms with Gasteiger partial charge in [0, 0.05) is 6.54 Å². The Kier molecular flexibility index (Phi) is 9.46. The fourth-order valence-corrected chi connectivity index (χ4v) is 4.81. The summed E-state index contributed by atoms with van der Waals surface area (Å²) in [5.74, 6) is 0.887. The average molecular weight is 462 g/mol. The van der Waals surface area contributed by atoms with E-state index in [9.17, 15) is 9.59 Å². The van der Waals surface area contributed by atoms with Crippen molar-refractivity contribution in [2.45, 2.75) is 77.7 Å². The van der Waals surface area contributed by atoms with E-state index in [0.717, 1.165) is 12.8 Å². The summed E-state index contributed by atoms with van der Waals surface area (Å²) in [4.78, 5) is 27.4. The van der Waals surface area contributed by atoms with E-state index in [0.29, 0.717) is 37.3 Å². The number of nitrogens with zero attached hydrogens (tertiary/aromatic N) is 1. The molecule has 1 fully saturated rings. The van der Waals surface area contributed by atoms with Gasteiger partial charge in [-0.05, 0) is 71.9 Å². The molecular formula is C22H40BrNO4. The highest BCUT2D eigenvalue weighted by molar-refractivity contribution is 9.10. The number of carbonyl (C=O) groups is 2. The van der Waals surface area contributed by atoms with Crippen molar-refractivity contribution in [1.82, 2.24) is 4.90 Å². The summed E-state index contributed by atoms with van der Waals surface area (Å²) >= 11 is 3.49. The Hall–Kier alpha value is -0.620. The first-order valence-electron chi connectivity index (χ1n) is 10.5. The predicted molar refractivity (Wildman–Crippen MR) is 116 cm³/mol. The molecule has 1 unspecified atom stereocenters. The summed E-state index contributed by atoms with van der Waals surface area (Å²) in [6, 6.07) is 0. The smallest absolute Gasteiger partial charge is 0.322 e. The van der Waals surface area contributed by atoms with Gasteiger partial charge in [0.05, 0.1) is 5.41 Å². The summed E-state index contributed by atoms with van der Waals surface area (Å²) in [6.45, 7) is 13.1. The summed E-state index contributed by atoms with van der Waals surface area (Å²) in [5.41, 5.74) is -0.791. The topological polar surface area (TPSA) is 55.8 Å². The zero-order valence-corrected chi connectivity index (χ0v) is 20.6. The van der Waals surface area contributed by atoms with Gasteiger partial charge in [-0.15, -0.1) is 0 Å². The Labute approximate surface area is 180 Å². The molecule has 164 valence electrons. The third kappa shape index (κ3) is 7.66. The van der Waals surface area contributed by atoms with Gasteiger partial charge in [-0.2, -0.15) is 0 Å². The lowest BCUT2D eigenvalue weighted by Crippen LogP contribution is -2.43. The highest BCUT2D eigenvalue weighted by Crippen LogP contribution is 2.39. The second-order valence-corrected chi connectivity index (χ2v) is 11.7. The first kappa shape index (κ1) is 25.4. The molecule has 0 aromatic rings. The molecule has 0 radical (unpaired) electrons. The van der Waals surface area contributed by atoms with Crippen molar-refractivity contribution in [3.8, 4) is 0 Å². The van der Waals surface area contributed by atoms with Gasteiger partial charge in [0.2, 0.25) is 0 Å². The number of ether oxygens (including phenoxy) is 2. The van der Waals surface area contributed by atoms with Crippen LogP contribution in [-0.4, -0.2) is 54.5 Å². The third-order valence-corrected chi connectivity index (χ3v) is 6.35. The largest absolute Gasteiger partial charge is 0.463 e. The fourth-order valence-electron chi connectivity index (χ4n) is 3.99. The lowest BCUT2D eigenvalue weighted by atomic mass is 9.75. The molecule has 1 saturated carbocycles. The molecule has 0 bridgehead atoms. The van der Waals surface area contributed by atoms with Crippen molar-refractivity contribution in [3.05, 3.63) is 0 Å². The minimum absolute atomic E-state index is 0.0378. The standard InChI is InChI=1S/C22H40BrNO4/c1-15(2)17-10-9-16(3)13-18(17)28-19(25)21(4,5)14-22(6,23)20(26)27-12-11-24(7)8/h15-18H,9-14H2,1-8H3/t16-,17+,18-,22?/m1/s1. The first-order valence-corrected chi connectivity index (χ1v) is 11.3. The highest BCUT2D eigenvalue weighted by Gasteiger charge is 2.44. The molecule has 0 saturated heterocycles. The van der Waals surface area contributed by atoms with Crippen molar-refractivity contribution in [1.29, 1.82) is 0 Å². The van der Waals surface area contributed by atoms with Crippen LogP contribution in [0, 0.1) is 23.2 Å². The number of alkyl halides is 1. The van der Waals surface area contributed by atoms with Crippen molar-refractivity contribution < 1.29 is 19.1 Å². The van der Waals surface area contributed by atoms with Gasteiger partial charge in [-0.1, -0.05) is 43.1 Å². The predicted octanol–water partition coefficient (Wildman–Crippen LogP) is 4.67. The minimum Gasteiger partial charge on any atom is -0.463 e. The Morgan fingerprint density at radius 3 is 2.29 bits per heavy atom. The van der Waals surface area contributed by atoms with E-state index in [1.165, 1.54) is 6.42 Å². The Morgan fingerprint density at radius 1 is 1.14 bits per heavy atom. The van der Waals surface area contributed by atoms with E-state index in [1.807, 2.05) is 32.8 Å². The summed E-state index contributed by atoms with van der Waals surface area (Å²) in [6.07, 6.45) is 3.49. The highest BCUT2D eigenvalue weighted by atomic mass is 79.9. The van der Waals surface area contributed by atoms with Crippen LogP contribution in [0.15, 0.2) is 0 Å². The lowest BCUT2D eigenvalue weighted by molar-refractivity contribution is -0.167. The Bertz CT molecular complexity index is 531. The van der Waals surface area contributed by atoms with Gasteiger partial charge >= 0.3 is 11.9 Å². The lowest BCUT2D eigenvalue weighted by Gasteiger charge is -2.39. The van der Waals surface area contributed by atoms with Crippen molar-refractivity contribution in [2.75, 3.05) is 27.2 Å². The second kappa shape index (κ2) is 10.4. The third-order valence-electron chi connectivity index (χ3n) is 5.74. The first-order chi connectivity index (χ1) is 12.8. The molecule has 28 heavy (non-hydrogen) atoms. The Balaban J connectivity index is 2.73. The number of carbonyl (C=O) groups excluding carboxylic acids is 2. The number of rotatable bonds is 9. The maximum Gasteiger partial charge on any atom is 0.322 e. The molecule has 1 aliphatic rings. The SMILES string of the molecule is CC(C)[C@@H]1CC[C@@H](C)C[C@H]1OC(=O)C(C)(C)CC(C)(Br)C(=O)OCCN(C)C. The maximum atomic E-state index is 13.0. The van der Waals surface area contributed by atoms with Crippen LogP contribution < -0.4 is 0 Å². The fraction of sp³-hybridized carbons (Fsp3) is 0.909. The van der Waals surface area contributed by atoms with Gasteiger partial charge < -0.3 is 14.4 Å². The normalized spacial score (nSPS) is 25.5. The van der Waals surface area contributed by atoms with Crippen LogP contribution in [0.3, 0.4) is 0 Å².